The number of carboxylic acid groups (broad SMARTS) is 1. The molecule has 1 amide bonds. The number of likely N-dealkylation sites (tertiary alicyclic amines) is 1. The Morgan fingerprint density at radius 2 is 1.96 bits per heavy atom. The Bertz CT molecular complexity index is 590. The molecular weight excluding hydrogens is 304 g/mol. The summed E-state index contributed by atoms with van der Waals surface area (Å²) < 4.78 is 0. The number of rotatable bonds is 5. The van der Waals surface area contributed by atoms with Gasteiger partial charge < -0.3 is 10.4 Å². The van der Waals surface area contributed by atoms with Gasteiger partial charge in [0.25, 0.3) is 0 Å². The first-order chi connectivity index (χ1) is 11.6. The van der Waals surface area contributed by atoms with E-state index in [0.29, 0.717) is 12.3 Å². The van der Waals surface area contributed by atoms with E-state index in [1.165, 1.54) is 6.42 Å². The van der Waals surface area contributed by atoms with E-state index in [1.54, 1.807) is 0 Å². The Hall–Kier alpha value is -1.88. The summed E-state index contributed by atoms with van der Waals surface area (Å²) in [6.45, 7) is 2.13. The molecule has 1 aliphatic heterocycles. The Balaban J connectivity index is 1.64. The van der Waals surface area contributed by atoms with E-state index in [1.807, 2.05) is 42.2 Å². The van der Waals surface area contributed by atoms with Crippen LogP contribution in [0.4, 0.5) is 0 Å². The fraction of sp³-hybridized carbons (Fsp3) is 0.579. The summed E-state index contributed by atoms with van der Waals surface area (Å²) in [5.41, 5.74) is 1.05. The molecule has 1 aromatic rings. The first-order valence-electron chi connectivity index (χ1n) is 8.89. The highest BCUT2D eigenvalue weighted by molar-refractivity contribution is 5.80. The second-order valence-electron chi connectivity index (χ2n) is 7.07. The quantitative estimate of drug-likeness (QED) is 0.870. The summed E-state index contributed by atoms with van der Waals surface area (Å²) in [4.78, 5) is 26.0. The molecule has 1 saturated carbocycles. The van der Waals surface area contributed by atoms with Crippen molar-refractivity contribution >= 4 is 11.9 Å². The molecule has 3 rings (SSSR count). The molecule has 2 N–H and O–H groups in total. The van der Waals surface area contributed by atoms with Gasteiger partial charge in [0.2, 0.25) is 5.91 Å². The number of hydrogen-bond acceptors (Lipinski definition) is 3. The Kier molecular flexibility index (Phi) is 5.19. The molecule has 1 heterocycles. The SMILES string of the molecule is C[C@H](NC(=O)CN1[C@@H]2CCCC[C@H]2C[C@H]1C(=O)O)c1ccccc1. The summed E-state index contributed by atoms with van der Waals surface area (Å²) in [7, 11) is 0. The van der Waals surface area contributed by atoms with Crippen LogP contribution in [-0.4, -0.2) is 40.5 Å². The average molecular weight is 330 g/mol. The van der Waals surface area contributed by atoms with Gasteiger partial charge >= 0.3 is 5.97 Å². The van der Waals surface area contributed by atoms with E-state index >= 15 is 0 Å². The molecule has 0 aromatic heterocycles. The van der Waals surface area contributed by atoms with Crippen molar-refractivity contribution in [2.45, 2.75) is 57.2 Å². The molecule has 2 aliphatic rings. The van der Waals surface area contributed by atoms with Crippen molar-refractivity contribution in [3.8, 4) is 0 Å². The third kappa shape index (κ3) is 3.61. The summed E-state index contributed by atoms with van der Waals surface area (Å²) in [5.74, 6) is -0.462. The van der Waals surface area contributed by atoms with Crippen LogP contribution >= 0.6 is 0 Å². The maximum absolute atomic E-state index is 12.5. The summed E-state index contributed by atoms with van der Waals surface area (Å²) >= 11 is 0. The lowest BCUT2D eigenvalue weighted by Crippen LogP contribution is -2.47. The third-order valence-corrected chi connectivity index (χ3v) is 5.51. The van der Waals surface area contributed by atoms with Crippen molar-refractivity contribution in [3.05, 3.63) is 35.9 Å². The molecule has 1 saturated heterocycles. The third-order valence-electron chi connectivity index (χ3n) is 5.51. The Labute approximate surface area is 143 Å². The van der Waals surface area contributed by atoms with Crippen LogP contribution in [0.1, 0.15) is 50.6 Å². The highest BCUT2D eigenvalue weighted by atomic mass is 16.4. The van der Waals surface area contributed by atoms with Gasteiger partial charge in [-0.3, -0.25) is 14.5 Å². The Morgan fingerprint density at radius 3 is 2.67 bits per heavy atom. The van der Waals surface area contributed by atoms with E-state index < -0.39 is 12.0 Å². The van der Waals surface area contributed by atoms with Crippen LogP contribution in [0, 0.1) is 5.92 Å². The normalized spacial score (nSPS) is 28.1. The van der Waals surface area contributed by atoms with Crippen LogP contribution in [-0.2, 0) is 9.59 Å². The van der Waals surface area contributed by atoms with Gasteiger partial charge in [-0.1, -0.05) is 43.2 Å². The van der Waals surface area contributed by atoms with Crippen LogP contribution in [0.25, 0.3) is 0 Å². The second-order valence-corrected chi connectivity index (χ2v) is 7.07. The fourth-order valence-electron chi connectivity index (χ4n) is 4.30. The van der Waals surface area contributed by atoms with E-state index in [0.717, 1.165) is 24.8 Å². The number of hydrogen-bond donors (Lipinski definition) is 2. The molecule has 4 atom stereocenters. The van der Waals surface area contributed by atoms with Crippen LogP contribution in [0.15, 0.2) is 30.3 Å². The van der Waals surface area contributed by atoms with Gasteiger partial charge in [0.15, 0.2) is 0 Å². The van der Waals surface area contributed by atoms with Crippen molar-refractivity contribution in [1.82, 2.24) is 10.2 Å². The standard InChI is InChI=1S/C19H26N2O3/c1-13(14-7-3-2-4-8-14)20-18(22)12-21-16-10-6-5-9-15(16)11-17(21)19(23)24/h2-4,7-8,13,15-17H,5-6,9-12H2,1H3,(H,20,22)(H,23,24)/t13-,15-,16+,17-/m0/s1. The molecule has 2 fully saturated rings. The van der Waals surface area contributed by atoms with Gasteiger partial charge in [-0.2, -0.15) is 0 Å². The van der Waals surface area contributed by atoms with E-state index in [4.69, 9.17) is 0 Å². The lowest BCUT2D eigenvalue weighted by atomic mass is 9.85. The lowest BCUT2D eigenvalue weighted by Gasteiger charge is -2.32. The maximum atomic E-state index is 12.5. The zero-order chi connectivity index (χ0) is 17.1. The smallest absolute Gasteiger partial charge is 0.320 e. The second kappa shape index (κ2) is 7.34. The Morgan fingerprint density at radius 1 is 1.25 bits per heavy atom. The van der Waals surface area contributed by atoms with Crippen LogP contribution < -0.4 is 5.32 Å². The maximum Gasteiger partial charge on any atom is 0.320 e. The van der Waals surface area contributed by atoms with Crippen molar-refractivity contribution in [2.24, 2.45) is 5.92 Å². The number of aliphatic carboxylic acids is 1. The van der Waals surface area contributed by atoms with Gasteiger partial charge in [-0.05, 0) is 37.7 Å². The number of benzene rings is 1. The minimum absolute atomic E-state index is 0.0771. The van der Waals surface area contributed by atoms with Gasteiger partial charge in [-0.15, -0.1) is 0 Å². The molecule has 0 unspecified atom stereocenters. The molecule has 1 aliphatic carbocycles. The molecule has 0 spiro atoms. The number of fused-ring (bicyclic) bond motifs is 1. The van der Waals surface area contributed by atoms with E-state index in [9.17, 15) is 14.7 Å². The predicted molar refractivity (Wildman–Crippen MR) is 91.5 cm³/mol. The molecule has 0 bridgehead atoms. The van der Waals surface area contributed by atoms with Crippen LogP contribution in [0.3, 0.4) is 0 Å². The minimum Gasteiger partial charge on any atom is -0.480 e. The van der Waals surface area contributed by atoms with Crippen molar-refractivity contribution in [3.63, 3.8) is 0 Å². The number of amides is 1. The van der Waals surface area contributed by atoms with E-state index in [-0.39, 0.29) is 24.5 Å². The van der Waals surface area contributed by atoms with Gasteiger partial charge in [0.1, 0.15) is 6.04 Å². The average Bonchev–Trinajstić information content (AvgIpc) is 2.94. The van der Waals surface area contributed by atoms with Crippen molar-refractivity contribution in [1.29, 1.82) is 0 Å². The summed E-state index contributed by atoms with van der Waals surface area (Å²) in [6, 6.07) is 9.47. The molecule has 5 nitrogen and oxygen atoms in total. The fourth-order valence-corrected chi connectivity index (χ4v) is 4.30. The first kappa shape index (κ1) is 17.0. The molecular formula is C19H26N2O3. The first-order valence-corrected chi connectivity index (χ1v) is 8.89. The summed E-state index contributed by atoms with van der Waals surface area (Å²) in [5, 5.41) is 12.5. The number of carbonyl (C=O) groups excluding carboxylic acids is 1. The largest absolute Gasteiger partial charge is 0.480 e. The summed E-state index contributed by atoms with van der Waals surface area (Å²) in [6.07, 6.45) is 5.09. The van der Waals surface area contributed by atoms with Crippen LogP contribution in [0.2, 0.25) is 0 Å². The zero-order valence-corrected chi connectivity index (χ0v) is 14.1. The molecule has 5 heteroatoms. The highest BCUT2D eigenvalue weighted by Gasteiger charge is 2.45. The molecule has 24 heavy (non-hydrogen) atoms. The number of carboxylic acids is 1. The lowest BCUT2D eigenvalue weighted by molar-refractivity contribution is -0.143. The van der Waals surface area contributed by atoms with Gasteiger partial charge in [0.05, 0.1) is 12.6 Å². The minimum atomic E-state index is -0.798. The highest BCUT2D eigenvalue weighted by Crippen LogP contribution is 2.39. The van der Waals surface area contributed by atoms with Crippen molar-refractivity contribution in [2.75, 3.05) is 6.54 Å². The number of carbonyl (C=O) groups is 2. The van der Waals surface area contributed by atoms with Gasteiger partial charge in [-0.25, -0.2) is 0 Å². The monoisotopic (exact) mass is 330 g/mol. The molecule has 1 aromatic carbocycles. The van der Waals surface area contributed by atoms with Crippen LogP contribution in [0.5, 0.6) is 0 Å². The zero-order valence-electron chi connectivity index (χ0n) is 14.1. The molecule has 130 valence electrons. The number of nitrogens with one attached hydrogen (secondary N) is 1. The molecule has 0 radical (unpaired) electrons. The predicted octanol–water partition coefficient (Wildman–Crippen LogP) is 2.58. The topological polar surface area (TPSA) is 69.6 Å². The van der Waals surface area contributed by atoms with Crippen molar-refractivity contribution < 1.29 is 14.7 Å². The number of nitrogens with zero attached hydrogens (tertiary/aromatic N) is 1. The van der Waals surface area contributed by atoms with E-state index in [2.05, 4.69) is 5.32 Å². The van der Waals surface area contributed by atoms with Gasteiger partial charge in [0, 0.05) is 6.04 Å².